The molecule has 0 aliphatic heterocycles. The summed E-state index contributed by atoms with van der Waals surface area (Å²) in [6.45, 7) is 1.50. The fourth-order valence-electron chi connectivity index (χ4n) is 1.33. The molecule has 0 spiro atoms. The van der Waals surface area contributed by atoms with Crippen molar-refractivity contribution in [3.8, 4) is 0 Å². The predicted molar refractivity (Wildman–Crippen MR) is 62.4 cm³/mol. The molecule has 2 nitrogen and oxygen atoms in total. The minimum Gasteiger partial charge on any atom is -0.395 e. The normalized spacial score (nSPS) is 11.0. The Morgan fingerprint density at radius 2 is 2.13 bits per heavy atom. The van der Waals surface area contributed by atoms with Crippen molar-refractivity contribution in [3.63, 3.8) is 0 Å². The molecule has 1 rings (SSSR count). The van der Waals surface area contributed by atoms with E-state index in [4.69, 9.17) is 5.11 Å². The van der Waals surface area contributed by atoms with Gasteiger partial charge in [0.15, 0.2) is 0 Å². The zero-order valence-corrected chi connectivity index (χ0v) is 10.3. The molecule has 0 aliphatic rings. The average molecular weight is 276 g/mol. The molecular formula is C11H15BrFNO. The lowest BCUT2D eigenvalue weighted by atomic mass is 10.1. The van der Waals surface area contributed by atoms with E-state index in [9.17, 15) is 4.39 Å². The third kappa shape index (κ3) is 4.28. The molecule has 0 amide bonds. The maximum Gasteiger partial charge on any atom is 0.126 e. The molecule has 1 aromatic carbocycles. The minimum absolute atomic E-state index is 0.136. The summed E-state index contributed by atoms with van der Waals surface area (Å²) >= 11 is 3.31. The zero-order chi connectivity index (χ0) is 11.3. The summed E-state index contributed by atoms with van der Waals surface area (Å²) in [6, 6.07) is 4.95. The van der Waals surface area contributed by atoms with E-state index >= 15 is 0 Å². The smallest absolute Gasteiger partial charge is 0.126 e. The number of hydrogen-bond acceptors (Lipinski definition) is 2. The molecule has 0 unspecified atom stereocenters. The van der Waals surface area contributed by atoms with Crippen molar-refractivity contribution in [1.29, 1.82) is 0 Å². The molecule has 0 saturated carbocycles. The Morgan fingerprint density at radius 1 is 1.40 bits per heavy atom. The van der Waals surface area contributed by atoms with E-state index in [0.717, 1.165) is 11.0 Å². The molecular weight excluding hydrogens is 261 g/mol. The molecule has 0 atom stereocenters. The first-order valence-electron chi connectivity index (χ1n) is 4.87. The molecule has 0 fully saturated rings. The number of likely N-dealkylation sites (N-methyl/N-ethyl adjacent to an activating group) is 1. The van der Waals surface area contributed by atoms with Crippen LogP contribution < -0.4 is 0 Å². The van der Waals surface area contributed by atoms with Crippen LogP contribution in [0.15, 0.2) is 22.7 Å². The van der Waals surface area contributed by atoms with Crippen molar-refractivity contribution in [3.05, 3.63) is 34.1 Å². The first-order chi connectivity index (χ1) is 7.13. The second-order valence-corrected chi connectivity index (χ2v) is 4.43. The van der Waals surface area contributed by atoms with Gasteiger partial charge in [-0.3, -0.25) is 0 Å². The molecule has 0 aliphatic carbocycles. The molecule has 0 saturated heterocycles. The molecule has 0 bridgehead atoms. The number of nitrogens with zero attached hydrogens (tertiary/aromatic N) is 1. The summed E-state index contributed by atoms with van der Waals surface area (Å²) < 4.78 is 14.2. The SMILES string of the molecule is CN(CCO)CCc1cc(Br)ccc1F. The predicted octanol–water partition coefficient (Wildman–Crippen LogP) is 2.05. The maximum atomic E-state index is 13.3. The van der Waals surface area contributed by atoms with Gasteiger partial charge in [0.05, 0.1) is 6.61 Å². The minimum atomic E-state index is -0.171. The number of rotatable bonds is 5. The first-order valence-corrected chi connectivity index (χ1v) is 5.66. The quantitative estimate of drug-likeness (QED) is 0.889. The average Bonchev–Trinajstić information content (AvgIpc) is 2.20. The number of benzene rings is 1. The highest BCUT2D eigenvalue weighted by molar-refractivity contribution is 9.10. The van der Waals surface area contributed by atoms with Gasteiger partial charge in [-0.05, 0) is 37.2 Å². The third-order valence-corrected chi connectivity index (χ3v) is 2.75. The van der Waals surface area contributed by atoms with Crippen LogP contribution in [0.25, 0.3) is 0 Å². The van der Waals surface area contributed by atoms with E-state index in [1.807, 2.05) is 11.9 Å². The molecule has 0 radical (unpaired) electrons. The molecule has 84 valence electrons. The number of aliphatic hydroxyl groups excluding tert-OH is 1. The molecule has 1 aromatic rings. The van der Waals surface area contributed by atoms with Crippen molar-refractivity contribution in [2.45, 2.75) is 6.42 Å². The Bertz CT molecular complexity index is 319. The summed E-state index contributed by atoms with van der Waals surface area (Å²) in [5, 5.41) is 8.71. The van der Waals surface area contributed by atoms with Gasteiger partial charge in [0, 0.05) is 17.6 Å². The fraction of sp³-hybridized carbons (Fsp3) is 0.455. The molecule has 15 heavy (non-hydrogen) atoms. The lowest BCUT2D eigenvalue weighted by molar-refractivity contribution is 0.222. The van der Waals surface area contributed by atoms with E-state index in [2.05, 4.69) is 15.9 Å². The van der Waals surface area contributed by atoms with Crippen LogP contribution in [0.2, 0.25) is 0 Å². The summed E-state index contributed by atoms with van der Waals surface area (Å²) in [5.74, 6) is -0.171. The highest BCUT2D eigenvalue weighted by atomic mass is 79.9. The maximum absolute atomic E-state index is 13.3. The number of hydrogen-bond donors (Lipinski definition) is 1. The summed E-state index contributed by atoms with van der Waals surface area (Å²) in [6.07, 6.45) is 0.655. The van der Waals surface area contributed by atoms with Crippen LogP contribution in [-0.4, -0.2) is 36.8 Å². The second-order valence-electron chi connectivity index (χ2n) is 3.51. The number of halogens is 2. The largest absolute Gasteiger partial charge is 0.395 e. The Balaban J connectivity index is 2.53. The van der Waals surface area contributed by atoms with Crippen LogP contribution in [-0.2, 0) is 6.42 Å². The van der Waals surface area contributed by atoms with Gasteiger partial charge in [-0.2, -0.15) is 0 Å². The van der Waals surface area contributed by atoms with Gasteiger partial charge in [0.2, 0.25) is 0 Å². The lowest BCUT2D eigenvalue weighted by Gasteiger charge is -2.15. The fourth-order valence-corrected chi connectivity index (χ4v) is 1.74. The molecule has 4 heteroatoms. The zero-order valence-electron chi connectivity index (χ0n) is 8.71. The van der Waals surface area contributed by atoms with Crippen LogP contribution in [0.4, 0.5) is 4.39 Å². The van der Waals surface area contributed by atoms with E-state index in [0.29, 0.717) is 18.5 Å². The second kappa shape index (κ2) is 6.20. The standard InChI is InChI=1S/C11H15BrFNO/c1-14(6-7-15)5-4-9-8-10(12)2-3-11(9)13/h2-3,8,15H,4-7H2,1H3. The van der Waals surface area contributed by atoms with E-state index < -0.39 is 0 Å². The van der Waals surface area contributed by atoms with Gasteiger partial charge in [-0.1, -0.05) is 15.9 Å². The van der Waals surface area contributed by atoms with E-state index in [1.165, 1.54) is 6.07 Å². The van der Waals surface area contributed by atoms with Gasteiger partial charge in [-0.15, -0.1) is 0 Å². The Morgan fingerprint density at radius 3 is 2.80 bits per heavy atom. The van der Waals surface area contributed by atoms with Crippen molar-refractivity contribution < 1.29 is 9.50 Å². The van der Waals surface area contributed by atoms with Crippen molar-refractivity contribution >= 4 is 15.9 Å². The Labute approximate surface area is 97.8 Å². The topological polar surface area (TPSA) is 23.5 Å². The highest BCUT2D eigenvalue weighted by Gasteiger charge is 2.04. The van der Waals surface area contributed by atoms with E-state index in [-0.39, 0.29) is 12.4 Å². The third-order valence-electron chi connectivity index (χ3n) is 2.25. The van der Waals surface area contributed by atoms with Crippen LogP contribution in [0.3, 0.4) is 0 Å². The van der Waals surface area contributed by atoms with Crippen molar-refractivity contribution in [1.82, 2.24) is 4.90 Å². The van der Waals surface area contributed by atoms with Crippen LogP contribution in [0.5, 0.6) is 0 Å². The lowest BCUT2D eigenvalue weighted by Crippen LogP contribution is -2.24. The van der Waals surface area contributed by atoms with Gasteiger partial charge < -0.3 is 10.0 Å². The molecule has 1 N–H and O–H groups in total. The van der Waals surface area contributed by atoms with Crippen molar-refractivity contribution in [2.24, 2.45) is 0 Å². The monoisotopic (exact) mass is 275 g/mol. The van der Waals surface area contributed by atoms with Gasteiger partial charge in [0.1, 0.15) is 5.82 Å². The van der Waals surface area contributed by atoms with Gasteiger partial charge >= 0.3 is 0 Å². The summed E-state index contributed by atoms with van der Waals surface area (Å²) in [5.41, 5.74) is 0.703. The first kappa shape index (κ1) is 12.6. The van der Waals surface area contributed by atoms with Crippen LogP contribution in [0, 0.1) is 5.82 Å². The van der Waals surface area contributed by atoms with E-state index in [1.54, 1.807) is 12.1 Å². The Hall–Kier alpha value is -0.450. The van der Waals surface area contributed by atoms with Gasteiger partial charge in [0.25, 0.3) is 0 Å². The molecule has 0 aromatic heterocycles. The highest BCUT2D eigenvalue weighted by Crippen LogP contribution is 2.16. The summed E-state index contributed by atoms with van der Waals surface area (Å²) in [7, 11) is 1.91. The Kier molecular flexibility index (Phi) is 5.22. The number of aliphatic hydroxyl groups is 1. The van der Waals surface area contributed by atoms with Crippen LogP contribution >= 0.6 is 15.9 Å². The van der Waals surface area contributed by atoms with Gasteiger partial charge in [-0.25, -0.2) is 4.39 Å². The van der Waals surface area contributed by atoms with Crippen LogP contribution in [0.1, 0.15) is 5.56 Å². The summed E-state index contributed by atoms with van der Waals surface area (Å²) in [4.78, 5) is 1.97. The van der Waals surface area contributed by atoms with Crippen molar-refractivity contribution in [2.75, 3.05) is 26.7 Å². The molecule has 0 heterocycles.